The van der Waals surface area contributed by atoms with Crippen LogP contribution in [-0.2, 0) is 5.41 Å². The monoisotopic (exact) mass is 741 g/mol. The molecule has 2 nitrogen and oxygen atoms in total. The molecule has 0 aliphatic heterocycles. The molecule has 0 bridgehead atoms. The minimum atomic E-state index is -0.570. The van der Waals surface area contributed by atoms with E-state index in [-0.39, 0.29) is 0 Å². The van der Waals surface area contributed by atoms with Crippen molar-refractivity contribution < 1.29 is 4.42 Å². The summed E-state index contributed by atoms with van der Waals surface area (Å²) in [4.78, 5) is 2.33. The Morgan fingerprint density at radius 1 is 0.414 bits per heavy atom. The lowest BCUT2D eigenvalue weighted by Gasteiger charge is -2.28. The van der Waals surface area contributed by atoms with Crippen LogP contribution >= 0.6 is 0 Å². The lowest BCUT2D eigenvalue weighted by molar-refractivity contribution is 0.485. The SMILES string of the molecule is C=C(C)c1ccc(N(c2ccc(-c3ccccc3)cc2)c2ccc(-c3c(-c4ccccc4)oc4c3-c3ccccc3C43c4ccccc4-c4ccccc43)cc2)cc1. The average Bonchev–Trinajstić information content (AvgIpc) is 3.92. The zero-order valence-electron chi connectivity index (χ0n) is 32.2. The van der Waals surface area contributed by atoms with E-state index in [1.54, 1.807) is 0 Å². The van der Waals surface area contributed by atoms with Gasteiger partial charge in [0.05, 0.1) is 0 Å². The number of anilines is 3. The van der Waals surface area contributed by atoms with Crippen molar-refractivity contribution in [2.75, 3.05) is 4.90 Å². The smallest absolute Gasteiger partial charge is 0.142 e. The van der Waals surface area contributed by atoms with E-state index in [0.29, 0.717) is 0 Å². The Balaban J connectivity index is 1.10. The van der Waals surface area contributed by atoms with Crippen LogP contribution in [0.15, 0.2) is 217 Å². The number of fused-ring (bicyclic) bond motifs is 10. The summed E-state index contributed by atoms with van der Waals surface area (Å²) in [6, 6.07) is 74.4. The van der Waals surface area contributed by atoms with E-state index in [1.165, 1.54) is 44.5 Å². The van der Waals surface area contributed by atoms with Gasteiger partial charge in [0.1, 0.15) is 16.9 Å². The minimum Gasteiger partial charge on any atom is -0.458 e. The third kappa shape index (κ3) is 5.05. The Morgan fingerprint density at radius 2 is 0.828 bits per heavy atom. The highest BCUT2D eigenvalue weighted by Gasteiger charge is 2.55. The summed E-state index contributed by atoms with van der Waals surface area (Å²) in [6.07, 6.45) is 0. The molecule has 274 valence electrons. The van der Waals surface area contributed by atoms with Crippen LogP contribution in [0.4, 0.5) is 17.1 Å². The predicted octanol–water partition coefficient (Wildman–Crippen LogP) is 15.1. The van der Waals surface area contributed by atoms with Gasteiger partial charge in [0, 0.05) is 33.8 Å². The zero-order chi connectivity index (χ0) is 38.8. The summed E-state index contributed by atoms with van der Waals surface area (Å²) in [5, 5.41) is 0. The number of nitrogens with zero attached hydrogens (tertiary/aromatic N) is 1. The van der Waals surface area contributed by atoms with Crippen molar-refractivity contribution in [1.82, 2.24) is 0 Å². The number of benzene rings is 8. The predicted molar refractivity (Wildman–Crippen MR) is 241 cm³/mol. The molecular formula is C56H39NO. The molecule has 2 heteroatoms. The maximum atomic E-state index is 7.41. The molecular weight excluding hydrogens is 703 g/mol. The van der Waals surface area contributed by atoms with Gasteiger partial charge in [0.2, 0.25) is 0 Å². The largest absolute Gasteiger partial charge is 0.458 e. The molecule has 8 aromatic carbocycles. The Kier molecular flexibility index (Phi) is 7.80. The first-order chi connectivity index (χ1) is 28.6. The molecule has 0 unspecified atom stereocenters. The van der Waals surface area contributed by atoms with Crippen LogP contribution in [0.1, 0.15) is 34.9 Å². The van der Waals surface area contributed by atoms with Crippen molar-refractivity contribution in [3.63, 3.8) is 0 Å². The van der Waals surface area contributed by atoms with Gasteiger partial charge in [-0.1, -0.05) is 182 Å². The van der Waals surface area contributed by atoms with E-state index in [1.807, 2.05) is 0 Å². The average molecular weight is 742 g/mol. The standard InChI is InChI=1S/C56H39NO/c1-37(2)38-25-31-43(32-26-38)57(44-33-27-40(28-34-44)39-15-5-3-6-16-39)45-35-29-41(30-36-45)52-53-48-21-11-14-24-51(48)56(55(53)58-54(52)42-17-7-4-8-18-42)49-22-12-9-19-46(49)47-20-10-13-23-50(47)56/h3-36H,1H2,2H3. The van der Waals surface area contributed by atoms with Crippen molar-refractivity contribution >= 4 is 22.6 Å². The summed E-state index contributed by atoms with van der Waals surface area (Å²) in [7, 11) is 0. The summed E-state index contributed by atoms with van der Waals surface area (Å²) >= 11 is 0. The summed E-state index contributed by atoms with van der Waals surface area (Å²) < 4.78 is 7.41. The number of rotatable bonds is 7. The first kappa shape index (κ1) is 33.9. The van der Waals surface area contributed by atoms with Gasteiger partial charge in [-0.05, 0) is 99.0 Å². The first-order valence-corrected chi connectivity index (χ1v) is 20.0. The topological polar surface area (TPSA) is 16.4 Å². The van der Waals surface area contributed by atoms with Gasteiger partial charge in [-0.25, -0.2) is 0 Å². The Bertz CT molecular complexity index is 2950. The fourth-order valence-electron chi connectivity index (χ4n) is 9.49. The minimum absolute atomic E-state index is 0.570. The number of allylic oxidation sites excluding steroid dienone is 1. The van der Waals surface area contributed by atoms with Gasteiger partial charge in [0.25, 0.3) is 0 Å². The maximum Gasteiger partial charge on any atom is 0.142 e. The second kappa shape index (κ2) is 13.4. The first-order valence-electron chi connectivity index (χ1n) is 20.0. The quantitative estimate of drug-likeness (QED) is 0.162. The lowest BCUT2D eigenvalue weighted by Crippen LogP contribution is -2.25. The molecule has 1 aromatic heterocycles. The molecule has 58 heavy (non-hydrogen) atoms. The molecule has 0 fully saturated rings. The second-order valence-electron chi connectivity index (χ2n) is 15.4. The van der Waals surface area contributed by atoms with Gasteiger partial charge in [-0.3, -0.25) is 0 Å². The molecule has 1 heterocycles. The van der Waals surface area contributed by atoms with Crippen molar-refractivity contribution in [1.29, 1.82) is 0 Å². The Morgan fingerprint density at radius 3 is 1.36 bits per heavy atom. The highest BCUT2D eigenvalue weighted by molar-refractivity contribution is 6.03. The van der Waals surface area contributed by atoms with E-state index in [9.17, 15) is 0 Å². The van der Waals surface area contributed by atoms with Crippen LogP contribution in [0.25, 0.3) is 61.4 Å². The van der Waals surface area contributed by atoms with Crippen LogP contribution in [0.2, 0.25) is 0 Å². The van der Waals surface area contributed by atoms with Crippen molar-refractivity contribution in [2.24, 2.45) is 0 Å². The van der Waals surface area contributed by atoms with Gasteiger partial charge in [-0.2, -0.15) is 0 Å². The molecule has 0 saturated carbocycles. The number of furan rings is 1. The number of hydrogen-bond donors (Lipinski definition) is 0. The van der Waals surface area contributed by atoms with E-state index < -0.39 is 5.41 Å². The maximum absolute atomic E-state index is 7.41. The third-order valence-corrected chi connectivity index (χ3v) is 12.1. The van der Waals surface area contributed by atoms with E-state index in [2.05, 4.69) is 225 Å². The zero-order valence-corrected chi connectivity index (χ0v) is 32.2. The molecule has 0 atom stereocenters. The van der Waals surface area contributed by atoms with Crippen molar-refractivity contribution in [3.8, 4) is 55.8 Å². The summed E-state index contributed by atoms with van der Waals surface area (Å²) in [5.41, 5.74) is 19.2. The fraction of sp³-hybridized carbons (Fsp3) is 0.0357. The number of hydrogen-bond acceptors (Lipinski definition) is 2. The van der Waals surface area contributed by atoms with Gasteiger partial charge in [0.15, 0.2) is 0 Å². The van der Waals surface area contributed by atoms with E-state index in [4.69, 9.17) is 4.42 Å². The molecule has 1 spiro atoms. The molecule has 2 aliphatic carbocycles. The molecule has 11 rings (SSSR count). The summed E-state index contributed by atoms with van der Waals surface area (Å²) in [6.45, 7) is 6.23. The molecule has 0 saturated heterocycles. The van der Waals surface area contributed by atoms with Crippen LogP contribution in [-0.4, -0.2) is 0 Å². The summed E-state index contributed by atoms with van der Waals surface area (Å²) in [5.74, 6) is 1.87. The van der Waals surface area contributed by atoms with Crippen LogP contribution in [0.3, 0.4) is 0 Å². The highest BCUT2D eigenvalue weighted by atomic mass is 16.3. The van der Waals surface area contributed by atoms with Gasteiger partial charge >= 0.3 is 0 Å². The molecule has 0 radical (unpaired) electrons. The van der Waals surface area contributed by atoms with Crippen LogP contribution in [0, 0.1) is 0 Å². The fourth-order valence-corrected chi connectivity index (χ4v) is 9.49. The van der Waals surface area contributed by atoms with Gasteiger partial charge in [-0.15, -0.1) is 0 Å². The highest BCUT2D eigenvalue weighted by Crippen LogP contribution is 2.66. The Hall–Kier alpha value is -7.42. The molecule has 0 N–H and O–H groups in total. The van der Waals surface area contributed by atoms with Crippen LogP contribution < -0.4 is 4.90 Å². The third-order valence-electron chi connectivity index (χ3n) is 12.1. The molecule has 9 aromatic rings. The van der Waals surface area contributed by atoms with Gasteiger partial charge < -0.3 is 9.32 Å². The molecule has 2 aliphatic rings. The molecule has 0 amide bonds. The Labute approximate surface area is 339 Å². The normalized spacial score (nSPS) is 12.8. The second-order valence-corrected chi connectivity index (χ2v) is 15.4. The lowest BCUT2D eigenvalue weighted by atomic mass is 9.73. The van der Waals surface area contributed by atoms with E-state index >= 15 is 0 Å². The van der Waals surface area contributed by atoms with Crippen molar-refractivity contribution in [3.05, 3.63) is 241 Å². The van der Waals surface area contributed by atoms with Crippen LogP contribution in [0.5, 0.6) is 0 Å². The van der Waals surface area contributed by atoms with Crippen molar-refractivity contribution in [2.45, 2.75) is 12.3 Å². The van der Waals surface area contributed by atoms with E-state index in [0.717, 1.165) is 62.0 Å².